The summed E-state index contributed by atoms with van der Waals surface area (Å²) in [5.41, 5.74) is 1.47. The van der Waals surface area contributed by atoms with Crippen LogP contribution in [0.4, 0.5) is 14.6 Å². The van der Waals surface area contributed by atoms with Crippen LogP contribution >= 0.6 is 11.6 Å². The summed E-state index contributed by atoms with van der Waals surface area (Å²) in [4.78, 5) is 40.7. The van der Waals surface area contributed by atoms with Crippen LogP contribution in [-0.2, 0) is 4.79 Å². The number of aryl methyl sites for hydroxylation is 1. The van der Waals surface area contributed by atoms with Crippen molar-refractivity contribution in [3.63, 3.8) is 0 Å². The van der Waals surface area contributed by atoms with Gasteiger partial charge in [0.2, 0.25) is 5.91 Å². The SMILES string of the molecule is COc1nc(N(C)C2CCN(C(=O)/C=C/c3ccnc(C)n3)C2)c2cnc(-c3cccc4cccc(Cl)c34)c(F)c2n1.FC1CC2CCCN2C1. The number of hydrogen-bond donors (Lipinski definition) is 0. The first-order valence-corrected chi connectivity index (χ1v) is 17.5. The zero-order valence-corrected chi connectivity index (χ0v) is 29.5. The first-order valence-electron chi connectivity index (χ1n) is 17.2. The molecule has 3 aromatic heterocycles. The van der Waals surface area contributed by atoms with Gasteiger partial charge in [-0.05, 0) is 62.7 Å². The maximum Gasteiger partial charge on any atom is 0.318 e. The van der Waals surface area contributed by atoms with Gasteiger partial charge in [0.05, 0.1) is 18.2 Å². The second-order valence-corrected chi connectivity index (χ2v) is 13.6. The number of benzene rings is 2. The molecule has 13 heteroatoms. The van der Waals surface area contributed by atoms with Crippen molar-refractivity contribution in [3.8, 4) is 17.3 Å². The van der Waals surface area contributed by atoms with E-state index in [1.54, 1.807) is 48.5 Å². The highest BCUT2D eigenvalue weighted by Crippen LogP contribution is 2.37. The molecule has 6 heterocycles. The highest BCUT2D eigenvalue weighted by Gasteiger charge is 2.35. The first-order chi connectivity index (χ1) is 24.7. The molecule has 3 aliphatic heterocycles. The van der Waals surface area contributed by atoms with E-state index in [9.17, 15) is 9.18 Å². The normalized spacial score (nSPS) is 20.2. The molecule has 0 radical (unpaired) electrons. The molecule has 10 nitrogen and oxygen atoms in total. The van der Waals surface area contributed by atoms with Crippen LogP contribution in [-0.4, -0.2) is 99.2 Å². The van der Waals surface area contributed by atoms with Crippen LogP contribution in [0.25, 0.3) is 39.0 Å². The Balaban J connectivity index is 0.000000389. The van der Waals surface area contributed by atoms with Gasteiger partial charge in [-0.15, -0.1) is 0 Å². The number of likely N-dealkylation sites (N-methyl/N-ethyl adjacent to an activating group) is 1. The lowest BCUT2D eigenvalue weighted by molar-refractivity contribution is -0.124. The van der Waals surface area contributed by atoms with E-state index in [4.69, 9.17) is 16.3 Å². The largest absolute Gasteiger partial charge is 0.467 e. The quantitative estimate of drug-likeness (QED) is 0.178. The number of ether oxygens (including phenoxy) is 1. The van der Waals surface area contributed by atoms with Gasteiger partial charge >= 0.3 is 6.01 Å². The molecule has 3 atom stereocenters. The Bertz CT molecular complexity index is 2100. The van der Waals surface area contributed by atoms with Crippen LogP contribution in [0.5, 0.6) is 6.01 Å². The zero-order chi connectivity index (χ0) is 35.6. The Morgan fingerprint density at radius 1 is 1.06 bits per heavy atom. The van der Waals surface area contributed by atoms with E-state index < -0.39 is 12.0 Å². The zero-order valence-electron chi connectivity index (χ0n) is 28.8. The van der Waals surface area contributed by atoms with Crippen LogP contribution < -0.4 is 9.64 Å². The number of carbonyl (C=O) groups excluding carboxylic acids is 1. The molecule has 2 aromatic carbocycles. The molecule has 264 valence electrons. The molecular formula is C38H39ClF2N8O2. The lowest BCUT2D eigenvalue weighted by Gasteiger charge is -2.27. The second-order valence-electron chi connectivity index (χ2n) is 13.2. The average molecular weight is 713 g/mol. The number of aromatic nitrogens is 5. The fourth-order valence-electron chi connectivity index (χ4n) is 7.35. The number of fused-ring (bicyclic) bond motifs is 3. The molecule has 51 heavy (non-hydrogen) atoms. The van der Waals surface area contributed by atoms with Crippen molar-refractivity contribution in [2.45, 2.75) is 50.9 Å². The molecule has 0 saturated carbocycles. The summed E-state index contributed by atoms with van der Waals surface area (Å²) in [6.07, 6.45) is 9.97. The summed E-state index contributed by atoms with van der Waals surface area (Å²) < 4.78 is 34.2. The molecule has 1 amide bonds. The van der Waals surface area contributed by atoms with Crippen molar-refractivity contribution in [2.75, 3.05) is 45.2 Å². The number of halogens is 3. The van der Waals surface area contributed by atoms with Gasteiger partial charge in [0.25, 0.3) is 0 Å². The monoisotopic (exact) mass is 712 g/mol. The molecular weight excluding hydrogens is 674 g/mol. The summed E-state index contributed by atoms with van der Waals surface area (Å²) in [5.74, 6) is 0.401. The number of pyridine rings is 1. The number of anilines is 1. The molecule has 3 aliphatic rings. The van der Waals surface area contributed by atoms with E-state index in [-0.39, 0.29) is 29.2 Å². The van der Waals surface area contributed by atoms with E-state index in [1.807, 2.05) is 36.2 Å². The number of amides is 1. The maximum atomic E-state index is 16.2. The minimum Gasteiger partial charge on any atom is -0.467 e. The van der Waals surface area contributed by atoms with Gasteiger partial charge in [0.15, 0.2) is 5.82 Å². The molecule has 5 aromatic rings. The van der Waals surface area contributed by atoms with Crippen LogP contribution in [0.3, 0.4) is 0 Å². The minimum atomic E-state index is -0.594. The van der Waals surface area contributed by atoms with Gasteiger partial charge in [-0.1, -0.05) is 41.9 Å². The van der Waals surface area contributed by atoms with Crippen molar-refractivity contribution in [1.82, 2.24) is 34.7 Å². The van der Waals surface area contributed by atoms with Gasteiger partial charge in [-0.25, -0.2) is 18.7 Å². The van der Waals surface area contributed by atoms with Crippen LogP contribution in [0.1, 0.15) is 37.2 Å². The van der Waals surface area contributed by atoms with Gasteiger partial charge in [0, 0.05) is 73.2 Å². The standard InChI is InChI=1S/C31H27ClFN7O2.C7H12FN/c1-18-34-14-12-20(36-18)10-11-25(41)40-15-13-21(17-40)39(2)30-23-16-35-28(27(33)29(23)37-31(38-30)42-3)22-8-4-6-19-7-5-9-24(32)26(19)22;8-6-4-7-2-1-3-9(7)5-6/h4-12,14,16,21H,13,15,17H2,1-3H3;6-7H,1-5H2/b11-10+;. The summed E-state index contributed by atoms with van der Waals surface area (Å²) in [6.45, 7) is 4.70. The lowest BCUT2D eigenvalue weighted by atomic mass is 10.0. The molecule has 3 fully saturated rings. The fourth-order valence-corrected chi connectivity index (χ4v) is 7.63. The topological polar surface area (TPSA) is 100 Å². The van der Waals surface area contributed by atoms with E-state index in [0.717, 1.165) is 18.4 Å². The summed E-state index contributed by atoms with van der Waals surface area (Å²) in [7, 11) is 3.31. The Morgan fingerprint density at radius 2 is 1.88 bits per heavy atom. The second kappa shape index (κ2) is 14.8. The van der Waals surface area contributed by atoms with Crippen molar-refractivity contribution >= 4 is 51.1 Å². The Morgan fingerprint density at radius 3 is 2.67 bits per heavy atom. The predicted molar refractivity (Wildman–Crippen MR) is 195 cm³/mol. The van der Waals surface area contributed by atoms with Crippen molar-refractivity contribution in [1.29, 1.82) is 0 Å². The number of alkyl halides is 1. The van der Waals surface area contributed by atoms with Gasteiger partial charge in [0.1, 0.15) is 29.0 Å². The molecule has 0 bridgehead atoms. The molecule has 3 saturated heterocycles. The Kier molecular flexibility index (Phi) is 10.1. The number of hydrogen-bond acceptors (Lipinski definition) is 9. The minimum absolute atomic E-state index is 0.0327. The van der Waals surface area contributed by atoms with Crippen molar-refractivity contribution < 1.29 is 18.3 Å². The van der Waals surface area contributed by atoms with Crippen LogP contribution in [0.2, 0.25) is 5.02 Å². The van der Waals surface area contributed by atoms with Gasteiger partial charge < -0.3 is 14.5 Å². The fraction of sp³-hybridized carbons (Fsp3) is 0.368. The van der Waals surface area contributed by atoms with Crippen molar-refractivity contribution in [3.05, 3.63) is 83.3 Å². The summed E-state index contributed by atoms with van der Waals surface area (Å²) >= 11 is 6.52. The third-order valence-corrected chi connectivity index (χ3v) is 10.3. The Labute approximate surface area is 300 Å². The number of rotatable bonds is 6. The van der Waals surface area contributed by atoms with E-state index in [0.29, 0.717) is 70.8 Å². The van der Waals surface area contributed by atoms with E-state index in [1.165, 1.54) is 26.0 Å². The number of likely N-dealkylation sites (tertiary alicyclic amines) is 1. The molecule has 0 spiro atoms. The van der Waals surface area contributed by atoms with Gasteiger partial charge in [-0.3, -0.25) is 14.7 Å². The summed E-state index contributed by atoms with van der Waals surface area (Å²) in [5, 5.41) is 2.54. The molecule has 0 N–H and O–H groups in total. The third-order valence-electron chi connectivity index (χ3n) is 9.95. The highest BCUT2D eigenvalue weighted by atomic mass is 35.5. The van der Waals surface area contributed by atoms with Crippen LogP contribution in [0, 0.1) is 12.7 Å². The third kappa shape index (κ3) is 7.20. The molecule has 8 rings (SSSR count). The average Bonchev–Trinajstić information content (AvgIpc) is 3.88. The maximum absolute atomic E-state index is 16.2. The smallest absolute Gasteiger partial charge is 0.318 e. The van der Waals surface area contributed by atoms with Crippen LogP contribution in [0.15, 0.2) is 60.9 Å². The number of methoxy groups -OCH3 is 1. The van der Waals surface area contributed by atoms with E-state index in [2.05, 4.69) is 29.8 Å². The molecule has 0 aliphatic carbocycles. The Hall–Kier alpha value is -4.81. The number of nitrogens with zero attached hydrogens (tertiary/aromatic N) is 8. The number of carbonyl (C=O) groups is 1. The highest BCUT2D eigenvalue weighted by molar-refractivity contribution is 6.36. The molecule has 3 unspecified atom stereocenters. The first kappa shape index (κ1) is 34.6. The van der Waals surface area contributed by atoms with Crippen molar-refractivity contribution in [2.24, 2.45) is 0 Å². The van der Waals surface area contributed by atoms with Gasteiger partial charge in [-0.2, -0.15) is 9.97 Å². The van der Waals surface area contributed by atoms with E-state index >= 15 is 4.39 Å². The predicted octanol–water partition coefficient (Wildman–Crippen LogP) is 6.69. The summed E-state index contributed by atoms with van der Waals surface area (Å²) in [6, 6.07) is 13.4. The lowest BCUT2D eigenvalue weighted by Crippen LogP contribution is -2.36.